The molecule has 0 aromatic carbocycles. The van der Waals surface area contributed by atoms with Gasteiger partial charge in [-0.05, 0) is 25.8 Å². The number of rotatable bonds is 3. The average molecular weight is 316 g/mol. The van der Waals surface area contributed by atoms with Crippen LogP contribution in [0.3, 0.4) is 0 Å². The van der Waals surface area contributed by atoms with Gasteiger partial charge in [-0.1, -0.05) is 25.7 Å². The van der Waals surface area contributed by atoms with Gasteiger partial charge >= 0.3 is 0 Å². The van der Waals surface area contributed by atoms with Crippen molar-refractivity contribution in [3.8, 4) is 0 Å². The van der Waals surface area contributed by atoms with Crippen molar-refractivity contribution in [2.75, 3.05) is 0 Å². The number of hydrogen-bond donors (Lipinski definition) is 2. The predicted molar refractivity (Wildman–Crippen MR) is 79.4 cm³/mol. The summed E-state index contributed by atoms with van der Waals surface area (Å²) in [5, 5.41) is 8.13. The number of primary sulfonamides is 1. The summed E-state index contributed by atoms with van der Waals surface area (Å²) in [7, 11) is -3.75. The molecule has 20 heavy (non-hydrogen) atoms. The molecule has 0 spiro atoms. The quantitative estimate of drug-likeness (QED) is 0.837. The number of nitrogens with one attached hydrogen (secondary N) is 1. The van der Waals surface area contributed by atoms with Crippen molar-refractivity contribution in [2.24, 2.45) is 5.14 Å². The van der Waals surface area contributed by atoms with Gasteiger partial charge in [0.1, 0.15) is 0 Å². The van der Waals surface area contributed by atoms with Gasteiger partial charge in [0, 0.05) is 10.9 Å². The van der Waals surface area contributed by atoms with Crippen LogP contribution in [-0.4, -0.2) is 20.4 Å². The van der Waals surface area contributed by atoms with E-state index in [1.165, 1.54) is 30.2 Å². The Morgan fingerprint density at radius 1 is 1.30 bits per heavy atom. The topological polar surface area (TPSA) is 89.3 Å². The molecule has 1 saturated carbocycles. The smallest absolute Gasteiger partial charge is 0.261 e. The maximum atomic E-state index is 12.2. The lowest BCUT2D eigenvalue weighted by molar-refractivity contribution is 0.0937. The SMILES string of the molecule is Cc1sc(C(=O)NC2CCCCCC2)cc1S(N)(=O)=O. The normalized spacial score (nSPS) is 17.7. The van der Waals surface area contributed by atoms with Crippen LogP contribution in [0.2, 0.25) is 0 Å². The van der Waals surface area contributed by atoms with E-state index in [0.717, 1.165) is 25.7 Å². The summed E-state index contributed by atoms with van der Waals surface area (Å²) < 4.78 is 22.8. The van der Waals surface area contributed by atoms with E-state index in [2.05, 4.69) is 5.32 Å². The molecule has 0 saturated heterocycles. The number of hydrogen-bond acceptors (Lipinski definition) is 4. The van der Waals surface area contributed by atoms with E-state index >= 15 is 0 Å². The van der Waals surface area contributed by atoms with Gasteiger partial charge in [-0.15, -0.1) is 11.3 Å². The highest BCUT2D eigenvalue weighted by molar-refractivity contribution is 7.89. The van der Waals surface area contributed by atoms with Crippen LogP contribution in [-0.2, 0) is 10.0 Å². The first kappa shape index (κ1) is 15.5. The molecule has 3 N–H and O–H groups in total. The number of amides is 1. The van der Waals surface area contributed by atoms with E-state index in [9.17, 15) is 13.2 Å². The zero-order valence-corrected chi connectivity index (χ0v) is 13.1. The molecule has 0 atom stereocenters. The van der Waals surface area contributed by atoms with Crippen molar-refractivity contribution in [3.63, 3.8) is 0 Å². The number of aryl methyl sites for hydroxylation is 1. The highest BCUT2D eigenvalue weighted by Crippen LogP contribution is 2.25. The van der Waals surface area contributed by atoms with Gasteiger partial charge in [-0.25, -0.2) is 13.6 Å². The third kappa shape index (κ3) is 3.80. The van der Waals surface area contributed by atoms with Gasteiger partial charge in [-0.3, -0.25) is 4.79 Å². The van der Waals surface area contributed by atoms with Crippen molar-refractivity contribution in [3.05, 3.63) is 15.8 Å². The molecule has 1 fully saturated rings. The molecule has 112 valence electrons. The van der Waals surface area contributed by atoms with Crippen molar-refractivity contribution >= 4 is 27.3 Å². The summed E-state index contributed by atoms with van der Waals surface area (Å²) in [5.41, 5.74) is 0. The molecular weight excluding hydrogens is 296 g/mol. The lowest BCUT2D eigenvalue weighted by Gasteiger charge is -2.15. The Kier molecular flexibility index (Phi) is 4.82. The van der Waals surface area contributed by atoms with Gasteiger partial charge < -0.3 is 5.32 Å². The largest absolute Gasteiger partial charge is 0.349 e. The van der Waals surface area contributed by atoms with E-state index in [1.54, 1.807) is 6.92 Å². The summed E-state index contributed by atoms with van der Waals surface area (Å²) in [5.74, 6) is -0.195. The minimum atomic E-state index is -3.75. The highest BCUT2D eigenvalue weighted by atomic mass is 32.2. The first-order valence-electron chi connectivity index (χ1n) is 6.82. The molecule has 1 aliphatic rings. The van der Waals surface area contributed by atoms with Crippen molar-refractivity contribution < 1.29 is 13.2 Å². The maximum absolute atomic E-state index is 12.2. The molecule has 1 heterocycles. The second-order valence-corrected chi connectivity index (χ2v) is 8.02. The summed E-state index contributed by atoms with van der Waals surface area (Å²) in [6.45, 7) is 1.66. The Balaban J connectivity index is 2.09. The second kappa shape index (κ2) is 6.24. The Hall–Kier alpha value is -0.920. The molecule has 2 rings (SSSR count). The summed E-state index contributed by atoms with van der Waals surface area (Å²) >= 11 is 1.17. The zero-order chi connectivity index (χ0) is 14.8. The third-order valence-electron chi connectivity index (χ3n) is 3.59. The Labute approximate surface area is 123 Å². The minimum absolute atomic E-state index is 0.0496. The minimum Gasteiger partial charge on any atom is -0.349 e. The fourth-order valence-corrected chi connectivity index (χ4v) is 4.59. The summed E-state index contributed by atoms with van der Waals surface area (Å²) in [6, 6.07) is 1.58. The van der Waals surface area contributed by atoms with Crippen LogP contribution < -0.4 is 10.5 Å². The first-order chi connectivity index (χ1) is 9.38. The molecule has 1 aromatic heterocycles. The maximum Gasteiger partial charge on any atom is 0.261 e. The number of carbonyl (C=O) groups is 1. The monoisotopic (exact) mass is 316 g/mol. The number of carbonyl (C=O) groups excluding carboxylic acids is 1. The van der Waals surface area contributed by atoms with E-state index in [0.29, 0.717) is 9.75 Å². The molecule has 1 aliphatic carbocycles. The number of nitrogens with two attached hydrogens (primary N) is 1. The van der Waals surface area contributed by atoms with Gasteiger partial charge in [0.25, 0.3) is 5.91 Å². The average Bonchev–Trinajstić information content (AvgIpc) is 2.58. The van der Waals surface area contributed by atoms with Crippen molar-refractivity contribution in [1.82, 2.24) is 5.32 Å². The van der Waals surface area contributed by atoms with E-state index in [4.69, 9.17) is 5.14 Å². The molecule has 5 nitrogen and oxygen atoms in total. The fourth-order valence-electron chi connectivity index (χ4n) is 2.54. The van der Waals surface area contributed by atoms with Gasteiger partial charge in [-0.2, -0.15) is 0 Å². The van der Waals surface area contributed by atoms with Crippen LogP contribution in [0, 0.1) is 6.92 Å². The third-order valence-corrected chi connectivity index (χ3v) is 5.81. The van der Waals surface area contributed by atoms with Crippen LogP contribution in [0.15, 0.2) is 11.0 Å². The van der Waals surface area contributed by atoms with Gasteiger partial charge in [0.2, 0.25) is 10.0 Å². The number of sulfonamides is 1. The highest BCUT2D eigenvalue weighted by Gasteiger charge is 2.21. The van der Waals surface area contributed by atoms with Crippen molar-refractivity contribution in [2.45, 2.75) is 56.4 Å². The molecule has 7 heteroatoms. The zero-order valence-electron chi connectivity index (χ0n) is 11.5. The molecular formula is C13H20N2O3S2. The Morgan fingerprint density at radius 2 is 1.90 bits per heavy atom. The van der Waals surface area contributed by atoms with E-state index < -0.39 is 10.0 Å². The molecule has 1 aromatic rings. The molecule has 0 unspecified atom stereocenters. The molecule has 0 bridgehead atoms. The first-order valence-corrected chi connectivity index (χ1v) is 9.18. The van der Waals surface area contributed by atoms with Gasteiger partial charge in [0.05, 0.1) is 9.77 Å². The van der Waals surface area contributed by atoms with Crippen LogP contribution in [0.25, 0.3) is 0 Å². The van der Waals surface area contributed by atoms with Crippen LogP contribution >= 0.6 is 11.3 Å². The second-order valence-electron chi connectivity index (χ2n) is 5.24. The molecule has 0 radical (unpaired) electrons. The van der Waals surface area contributed by atoms with E-state index in [-0.39, 0.29) is 16.8 Å². The summed E-state index contributed by atoms with van der Waals surface area (Å²) in [4.78, 5) is 13.2. The van der Waals surface area contributed by atoms with Crippen molar-refractivity contribution in [1.29, 1.82) is 0 Å². The Morgan fingerprint density at radius 3 is 2.40 bits per heavy atom. The molecule has 1 amide bonds. The van der Waals surface area contributed by atoms with Crippen LogP contribution in [0.4, 0.5) is 0 Å². The standard InChI is InChI=1S/C13H20N2O3S2/c1-9-12(20(14,17)18)8-11(19-9)13(16)15-10-6-4-2-3-5-7-10/h8,10H,2-7H2,1H3,(H,15,16)(H2,14,17,18). The lowest BCUT2D eigenvalue weighted by Crippen LogP contribution is -2.33. The van der Waals surface area contributed by atoms with Crippen LogP contribution in [0.5, 0.6) is 0 Å². The Bertz CT molecular complexity index is 585. The number of thiophene rings is 1. The lowest BCUT2D eigenvalue weighted by atomic mass is 10.1. The predicted octanol–water partition coefficient (Wildman–Crippen LogP) is 2.16. The fraction of sp³-hybridized carbons (Fsp3) is 0.615. The molecule has 0 aliphatic heterocycles. The summed E-state index contributed by atoms with van der Waals surface area (Å²) in [6.07, 6.45) is 6.71. The van der Waals surface area contributed by atoms with Crippen LogP contribution in [0.1, 0.15) is 53.1 Å². The van der Waals surface area contributed by atoms with E-state index in [1.807, 2.05) is 0 Å². The van der Waals surface area contributed by atoms with Gasteiger partial charge in [0.15, 0.2) is 0 Å².